The fourth-order valence-electron chi connectivity index (χ4n) is 2.29. The highest BCUT2D eigenvalue weighted by molar-refractivity contribution is 5.94. The van der Waals surface area contributed by atoms with E-state index in [0.717, 1.165) is 19.5 Å². The number of carbonyl (C=O) groups is 1. The van der Waals surface area contributed by atoms with E-state index in [-0.39, 0.29) is 24.2 Å². The third-order valence-electron chi connectivity index (χ3n) is 3.26. The molecule has 6 heteroatoms. The number of amides is 1. The number of benzene rings is 1. The Morgan fingerprint density at radius 2 is 2.16 bits per heavy atom. The van der Waals surface area contributed by atoms with Crippen LogP contribution in [0.4, 0.5) is 5.69 Å². The van der Waals surface area contributed by atoms with Crippen molar-refractivity contribution in [3.05, 3.63) is 18.2 Å². The summed E-state index contributed by atoms with van der Waals surface area (Å²) in [5, 5.41) is 6.11. The number of halogens is 1. The number of nitrogens with one attached hydrogen (secondary N) is 2. The quantitative estimate of drug-likeness (QED) is 0.862. The smallest absolute Gasteiger partial charge is 0.228 e. The zero-order chi connectivity index (χ0) is 12.4. The normalized spacial score (nSPS) is 20.5. The van der Waals surface area contributed by atoms with Gasteiger partial charge in [-0.15, -0.1) is 12.4 Å². The Hall–Kier alpha value is -1.46. The second-order valence-electron chi connectivity index (χ2n) is 4.51. The summed E-state index contributed by atoms with van der Waals surface area (Å²) in [5.74, 6) is 1.43. The number of carbonyl (C=O) groups excluding carboxylic acids is 1. The summed E-state index contributed by atoms with van der Waals surface area (Å²) in [7, 11) is 0. The lowest BCUT2D eigenvalue weighted by Crippen LogP contribution is -2.25. The molecule has 2 aliphatic rings. The van der Waals surface area contributed by atoms with Crippen LogP contribution in [-0.4, -0.2) is 32.2 Å². The number of hydrogen-bond donors (Lipinski definition) is 2. The molecule has 0 aromatic heterocycles. The molecule has 1 aromatic rings. The minimum absolute atomic E-state index is 0. The summed E-state index contributed by atoms with van der Waals surface area (Å²) in [6, 6.07) is 5.55. The van der Waals surface area contributed by atoms with E-state index >= 15 is 0 Å². The van der Waals surface area contributed by atoms with E-state index in [1.54, 1.807) is 0 Å². The third-order valence-corrected chi connectivity index (χ3v) is 3.26. The first-order valence-corrected chi connectivity index (χ1v) is 6.25. The standard InChI is InChI=1S/C13H16N2O3.ClH/c16-13(9-4-5-14-8-9)15-10-2-1-3-11-12(10)18-7-6-17-11;/h1-3,9,14H,4-8H2,(H,15,16);1H. The van der Waals surface area contributed by atoms with Gasteiger partial charge in [0.1, 0.15) is 13.2 Å². The Bertz CT molecular complexity index is 461. The molecule has 104 valence electrons. The van der Waals surface area contributed by atoms with Gasteiger partial charge in [0, 0.05) is 6.54 Å². The Kier molecular flexibility index (Phi) is 4.50. The molecule has 0 spiro atoms. The lowest BCUT2D eigenvalue weighted by Gasteiger charge is -2.21. The minimum atomic E-state index is 0. The van der Waals surface area contributed by atoms with Crippen LogP contribution in [-0.2, 0) is 4.79 Å². The summed E-state index contributed by atoms with van der Waals surface area (Å²) < 4.78 is 11.0. The van der Waals surface area contributed by atoms with Gasteiger partial charge in [-0.2, -0.15) is 0 Å². The molecule has 19 heavy (non-hydrogen) atoms. The molecule has 0 saturated carbocycles. The van der Waals surface area contributed by atoms with Crippen LogP contribution >= 0.6 is 12.4 Å². The molecule has 1 atom stereocenters. The Morgan fingerprint density at radius 3 is 2.95 bits per heavy atom. The molecule has 5 nitrogen and oxygen atoms in total. The topological polar surface area (TPSA) is 59.6 Å². The zero-order valence-corrected chi connectivity index (χ0v) is 11.3. The molecule has 2 aliphatic heterocycles. The number of anilines is 1. The number of ether oxygens (including phenoxy) is 2. The first kappa shape index (κ1) is 14.0. The fraction of sp³-hybridized carbons (Fsp3) is 0.462. The predicted molar refractivity (Wildman–Crippen MR) is 74.3 cm³/mol. The van der Waals surface area contributed by atoms with Crippen LogP contribution in [0.25, 0.3) is 0 Å². The monoisotopic (exact) mass is 284 g/mol. The molecule has 2 heterocycles. The molecule has 0 bridgehead atoms. The van der Waals surface area contributed by atoms with Gasteiger partial charge in [-0.25, -0.2) is 0 Å². The van der Waals surface area contributed by atoms with Crippen LogP contribution in [0.5, 0.6) is 11.5 Å². The highest BCUT2D eigenvalue weighted by Crippen LogP contribution is 2.37. The van der Waals surface area contributed by atoms with E-state index in [1.165, 1.54) is 0 Å². The van der Waals surface area contributed by atoms with E-state index in [1.807, 2.05) is 18.2 Å². The van der Waals surface area contributed by atoms with Gasteiger partial charge in [-0.1, -0.05) is 6.07 Å². The fourth-order valence-corrected chi connectivity index (χ4v) is 2.29. The van der Waals surface area contributed by atoms with Crippen LogP contribution in [0.1, 0.15) is 6.42 Å². The highest BCUT2D eigenvalue weighted by Gasteiger charge is 2.24. The van der Waals surface area contributed by atoms with Crippen molar-refractivity contribution in [3.63, 3.8) is 0 Å². The highest BCUT2D eigenvalue weighted by atomic mass is 35.5. The Labute approximate surface area is 118 Å². The van der Waals surface area contributed by atoms with Crippen LogP contribution in [0.15, 0.2) is 18.2 Å². The number of hydrogen-bond acceptors (Lipinski definition) is 4. The summed E-state index contributed by atoms with van der Waals surface area (Å²) in [6.07, 6.45) is 0.887. The lowest BCUT2D eigenvalue weighted by molar-refractivity contribution is -0.119. The van der Waals surface area contributed by atoms with Gasteiger partial charge >= 0.3 is 0 Å². The van der Waals surface area contributed by atoms with Gasteiger partial charge in [0.25, 0.3) is 0 Å². The summed E-state index contributed by atoms with van der Waals surface area (Å²) >= 11 is 0. The summed E-state index contributed by atoms with van der Waals surface area (Å²) in [5.41, 5.74) is 0.698. The van der Waals surface area contributed by atoms with Gasteiger partial charge in [0.2, 0.25) is 5.91 Å². The average Bonchev–Trinajstić information content (AvgIpc) is 2.93. The van der Waals surface area contributed by atoms with E-state index in [4.69, 9.17) is 9.47 Å². The molecule has 1 amide bonds. The first-order valence-electron chi connectivity index (χ1n) is 6.25. The SMILES string of the molecule is Cl.O=C(Nc1cccc2c1OCCO2)C1CCNC1. The van der Waals surface area contributed by atoms with Gasteiger partial charge in [0.05, 0.1) is 11.6 Å². The van der Waals surface area contributed by atoms with Crippen molar-refractivity contribution < 1.29 is 14.3 Å². The average molecular weight is 285 g/mol. The zero-order valence-electron chi connectivity index (χ0n) is 10.5. The van der Waals surface area contributed by atoms with E-state index in [9.17, 15) is 4.79 Å². The Morgan fingerprint density at radius 1 is 1.32 bits per heavy atom. The molecule has 2 N–H and O–H groups in total. The van der Waals surface area contributed by atoms with Crippen molar-refractivity contribution in [2.45, 2.75) is 6.42 Å². The third kappa shape index (κ3) is 2.93. The second-order valence-corrected chi connectivity index (χ2v) is 4.51. The van der Waals surface area contributed by atoms with Crippen molar-refractivity contribution in [3.8, 4) is 11.5 Å². The maximum atomic E-state index is 12.1. The summed E-state index contributed by atoms with van der Waals surface area (Å²) in [6.45, 7) is 2.73. The Balaban J connectivity index is 0.00000133. The molecule has 0 aliphatic carbocycles. The number of para-hydroxylation sites is 1. The number of fused-ring (bicyclic) bond motifs is 1. The number of rotatable bonds is 2. The molecular formula is C13H17ClN2O3. The second kappa shape index (κ2) is 6.12. The molecule has 3 rings (SSSR count). The van der Waals surface area contributed by atoms with Crippen LogP contribution in [0, 0.1) is 5.92 Å². The summed E-state index contributed by atoms with van der Waals surface area (Å²) in [4.78, 5) is 12.1. The van der Waals surface area contributed by atoms with Gasteiger partial charge in [-0.3, -0.25) is 4.79 Å². The van der Waals surface area contributed by atoms with Gasteiger partial charge < -0.3 is 20.1 Å². The van der Waals surface area contributed by atoms with Crippen LogP contribution < -0.4 is 20.1 Å². The van der Waals surface area contributed by atoms with Crippen molar-refractivity contribution in [2.24, 2.45) is 5.92 Å². The minimum Gasteiger partial charge on any atom is -0.486 e. The van der Waals surface area contributed by atoms with E-state index < -0.39 is 0 Å². The van der Waals surface area contributed by atoms with Crippen molar-refractivity contribution in [1.82, 2.24) is 5.32 Å². The van der Waals surface area contributed by atoms with Crippen LogP contribution in [0.3, 0.4) is 0 Å². The molecule has 1 unspecified atom stereocenters. The van der Waals surface area contributed by atoms with Crippen molar-refractivity contribution in [1.29, 1.82) is 0 Å². The molecule has 1 fully saturated rings. The van der Waals surface area contributed by atoms with Crippen molar-refractivity contribution >= 4 is 24.0 Å². The van der Waals surface area contributed by atoms with Crippen molar-refractivity contribution in [2.75, 3.05) is 31.6 Å². The molecular weight excluding hydrogens is 268 g/mol. The molecule has 0 radical (unpaired) electrons. The van der Waals surface area contributed by atoms with E-state index in [2.05, 4.69) is 10.6 Å². The van der Waals surface area contributed by atoms with E-state index in [0.29, 0.717) is 30.4 Å². The van der Waals surface area contributed by atoms with Gasteiger partial charge in [0.15, 0.2) is 11.5 Å². The van der Waals surface area contributed by atoms with Crippen LogP contribution in [0.2, 0.25) is 0 Å². The maximum Gasteiger partial charge on any atom is 0.228 e. The predicted octanol–water partition coefficient (Wildman–Crippen LogP) is 1.43. The first-order chi connectivity index (χ1) is 8.84. The largest absolute Gasteiger partial charge is 0.486 e. The lowest BCUT2D eigenvalue weighted by atomic mass is 10.1. The molecule has 1 aromatic carbocycles. The molecule has 1 saturated heterocycles. The maximum absolute atomic E-state index is 12.1. The van der Waals surface area contributed by atoms with Gasteiger partial charge in [-0.05, 0) is 25.1 Å².